The molecule has 1 rings (SSSR count). The molecule has 68 valence electrons. The van der Waals surface area contributed by atoms with E-state index < -0.39 is 0 Å². The van der Waals surface area contributed by atoms with Crippen molar-refractivity contribution in [3.05, 3.63) is 36.6 Å². The van der Waals surface area contributed by atoms with Crippen molar-refractivity contribution in [2.75, 3.05) is 13.1 Å². The monoisotopic (exact) mass is 165 g/mol. The quantitative estimate of drug-likeness (QED) is 0.459. The lowest BCUT2D eigenvalue weighted by atomic mass is 10.3. The van der Waals surface area contributed by atoms with E-state index in [9.17, 15) is 0 Å². The van der Waals surface area contributed by atoms with Crippen LogP contribution in [0.25, 0.3) is 0 Å². The zero-order valence-electron chi connectivity index (χ0n) is 8.43. The maximum atomic E-state index is 3.89. The van der Waals surface area contributed by atoms with Crippen molar-refractivity contribution in [3.8, 4) is 0 Å². The molecule has 1 aliphatic rings. The number of allylic oxidation sites excluding steroid dienone is 3. The van der Waals surface area contributed by atoms with E-state index in [4.69, 9.17) is 0 Å². The van der Waals surface area contributed by atoms with Crippen molar-refractivity contribution in [1.82, 2.24) is 4.90 Å². The summed E-state index contributed by atoms with van der Waals surface area (Å²) >= 11 is 0. The van der Waals surface area contributed by atoms with Crippen molar-refractivity contribution in [1.29, 1.82) is 0 Å². The summed E-state index contributed by atoms with van der Waals surface area (Å²) in [6.07, 6.45) is 4.00. The van der Waals surface area contributed by atoms with E-state index in [1.807, 2.05) is 32.9 Å². The first-order chi connectivity index (χ1) is 5.70. The SMILES string of the molecule is C=C(C)/C=C\C(=C)N1CC1.CC. The van der Waals surface area contributed by atoms with Gasteiger partial charge in [-0.3, -0.25) is 0 Å². The fourth-order valence-electron chi connectivity index (χ4n) is 0.681. The van der Waals surface area contributed by atoms with Crippen LogP contribution in [0.15, 0.2) is 36.6 Å². The molecule has 0 saturated carbocycles. The lowest BCUT2D eigenvalue weighted by Crippen LogP contribution is -1.89. The number of hydrogen-bond donors (Lipinski definition) is 0. The number of hydrogen-bond acceptors (Lipinski definition) is 1. The highest BCUT2D eigenvalue weighted by molar-refractivity contribution is 5.24. The Balaban J connectivity index is 0.000000561. The van der Waals surface area contributed by atoms with Crippen molar-refractivity contribution < 1.29 is 0 Å². The molecule has 0 unspecified atom stereocenters. The van der Waals surface area contributed by atoms with Gasteiger partial charge in [-0.1, -0.05) is 38.7 Å². The van der Waals surface area contributed by atoms with E-state index in [0.717, 1.165) is 11.3 Å². The third-order valence-corrected chi connectivity index (χ3v) is 1.41. The summed E-state index contributed by atoms with van der Waals surface area (Å²) in [5.74, 6) is 0. The minimum atomic E-state index is 1.07. The fourth-order valence-corrected chi connectivity index (χ4v) is 0.681. The van der Waals surface area contributed by atoms with Gasteiger partial charge in [-0.2, -0.15) is 0 Å². The van der Waals surface area contributed by atoms with Gasteiger partial charge in [-0.15, -0.1) is 0 Å². The normalized spacial score (nSPS) is 13.8. The van der Waals surface area contributed by atoms with Crippen LogP contribution in [0.5, 0.6) is 0 Å². The predicted octanol–water partition coefficient (Wildman–Crippen LogP) is 2.97. The second-order valence-electron chi connectivity index (χ2n) is 2.66. The van der Waals surface area contributed by atoms with E-state index in [1.54, 1.807) is 0 Å². The summed E-state index contributed by atoms with van der Waals surface area (Å²) in [4.78, 5) is 2.21. The standard InChI is InChI=1S/C9H13N.C2H6/c1-8(2)4-5-9(3)10-6-7-10;1-2/h4-5H,1,3,6-7H2,2H3;1-2H3/b5-4-;. The van der Waals surface area contributed by atoms with Crippen molar-refractivity contribution >= 4 is 0 Å². The van der Waals surface area contributed by atoms with Crippen LogP contribution in [0.1, 0.15) is 20.8 Å². The van der Waals surface area contributed by atoms with Crippen molar-refractivity contribution in [3.63, 3.8) is 0 Å². The lowest BCUT2D eigenvalue weighted by molar-refractivity contribution is 0.728. The average molecular weight is 165 g/mol. The Morgan fingerprint density at radius 3 is 2.00 bits per heavy atom. The molecule has 0 spiro atoms. The van der Waals surface area contributed by atoms with E-state index in [1.165, 1.54) is 13.1 Å². The van der Waals surface area contributed by atoms with Crippen LogP contribution >= 0.6 is 0 Å². The summed E-state index contributed by atoms with van der Waals surface area (Å²) in [5.41, 5.74) is 2.17. The molecular weight excluding hydrogens is 146 g/mol. The Bertz CT molecular complexity index is 185. The van der Waals surface area contributed by atoms with Crippen LogP contribution < -0.4 is 0 Å². The second-order valence-corrected chi connectivity index (χ2v) is 2.66. The van der Waals surface area contributed by atoms with Gasteiger partial charge in [0, 0.05) is 18.8 Å². The van der Waals surface area contributed by atoms with Gasteiger partial charge < -0.3 is 4.90 Å². The molecule has 12 heavy (non-hydrogen) atoms. The van der Waals surface area contributed by atoms with Crippen LogP contribution in [-0.4, -0.2) is 18.0 Å². The molecule has 0 atom stereocenters. The Labute approximate surface area is 76.1 Å². The summed E-state index contributed by atoms with van der Waals surface area (Å²) in [6, 6.07) is 0. The molecule has 0 aromatic rings. The van der Waals surface area contributed by atoms with Crippen LogP contribution in [0.3, 0.4) is 0 Å². The number of rotatable bonds is 3. The Morgan fingerprint density at radius 1 is 1.17 bits per heavy atom. The first kappa shape index (κ1) is 11.0. The maximum absolute atomic E-state index is 3.89. The first-order valence-electron chi connectivity index (χ1n) is 4.47. The van der Waals surface area contributed by atoms with E-state index in [-0.39, 0.29) is 0 Å². The van der Waals surface area contributed by atoms with Crippen LogP contribution in [0.4, 0.5) is 0 Å². The molecule has 0 aliphatic carbocycles. The van der Waals surface area contributed by atoms with Crippen LogP contribution in [0, 0.1) is 0 Å². The molecule has 0 amide bonds. The maximum Gasteiger partial charge on any atom is 0.0354 e. The molecule has 0 aromatic heterocycles. The summed E-state index contributed by atoms with van der Waals surface area (Å²) in [5, 5.41) is 0. The topological polar surface area (TPSA) is 3.01 Å². The third kappa shape index (κ3) is 4.78. The molecule has 1 fully saturated rings. The van der Waals surface area contributed by atoms with Gasteiger partial charge in [0.15, 0.2) is 0 Å². The van der Waals surface area contributed by atoms with Crippen molar-refractivity contribution in [2.45, 2.75) is 20.8 Å². The Kier molecular flexibility index (Phi) is 5.18. The van der Waals surface area contributed by atoms with Gasteiger partial charge in [-0.25, -0.2) is 0 Å². The molecule has 0 bridgehead atoms. The van der Waals surface area contributed by atoms with Gasteiger partial charge in [-0.05, 0) is 13.0 Å². The van der Waals surface area contributed by atoms with Crippen LogP contribution in [0.2, 0.25) is 0 Å². The molecule has 1 heterocycles. The summed E-state index contributed by atoms with van der Waals surface area (Å²) in [7, 11) is 0. The molecule has 1 saturated heterocycles. The molecule has 1 aliphatic heterocycles. The van der Waals surface area contributed by atoms with Crippen molar-refractivity contribution in [2.24, 2.45) is 0 Å². The molecule has 0 radical (unpaired) electrons. The third-order valence-electron chi connectivity index (χ3n) is 1.41. The minimum absolute atomic E-state index is 1.07. The molecule has 1 heteroatoms. The summed E-state index contributed by atoms with van der Waals surface area (Å²) < 4.78 is 0. The van der Waals surface area contributed by atoms with E-state index in [0.29, 0.717) is 0 Å². The van der Waals surface area contributed by atoms with Crippen LogP contribution in [-0.2, 0) is 0 Å². The second kappa shape index (κ2) is 5.64. The van der Waals surface area contributed by atoms with Gasteiger partial charge >= 0.3 is 0 Å². The molecule has 1 nitrogen and oxygen atoms in total. The van der Waals surface area contributed by atoms with E-state index in [2.05, 4.69) is 18.1 Å². The zero-order valence-corrected chi connectivity index (χ0v) is 8.43. The number of nitrogens with zero attached hydrogens (tertiary/aromatic N) is 1. The highest BCUT2D eigenvalue weighted by Crippen LogP contribution is 2.13. The van der Waals surface area contributed by atoms with Gasteiger partial charge in [0.25, 0.3) is 0 Å². The first-order valence-corrected chi connectivity index (χ1v) is 4.47. The largest absolute Gasteiger partial charge is 0.368 e. The summed E-state index contributed by atoms with van der Waals surface area (Å²) in [6.45, 7) is 16.0. The van der Waals surface area contributed by atoms with Gasteiger partial charge in [0.2, 0.25) is 0 Å². The molecular formula is C11H19N. The fraction of sp³-hybridized carbons (Fsp3) is 0.455. The highest BCUT2D eigenvalue weighted by atomic mass is 15.3. The van der Waals surface area contributed by atoms with Gasteiger partial charge in [0.05, 0.1) is 0 Å². The molecule has 0 aromatic carbocycles. The van der Waals surface area contributed by atoms with E-state index >= 15 is 0 Å². The zero-order chi connectivity index (χ0) is 9.56. The smallest absolute Gasteiger partial charge is 0.0354 e. The Morgan fingerprint density at radius 2 is 1.67 bits per heavy atom. The minimum Gasteiger partial charge on any atom is -0.368 e. The van der Waals surface area contributed by atoms with Gasteiger partial charge in [0.1, 0.15) is 0 Å². The Hall–Kier alpha value is -0.980. The predicted molar refractivity (Wildman–Crippen MR) is 56.0 cm³/mol. The average Bonchev–Trinajstić information content (AvgIpc) is 2.86. The lowest BCUT2D eigenvalue weighted by Gasteiger charge is -1.98. The highest BCUT2D eigenvalue weighted by Gasteiger charge is 2.16. The molecule has 0 N–H and O–H groups in total.